The van der Waals surface area contributed by atoms with Crippen molar-refractivity contribution >= 4 is 17.9 Å². The summed E-state index contributed by atoms with van der Waals surface area (Å²) >= 11 is 0. The zero-order valence-electron chi connectivity index (χ0n) is 38.2. The summed E-state index contributed by atoms with van der Waals surface area (Å²) < 4.78 is 16.7. The lowest BCUT2D eigenvalue weighted by Gasteiger charge is -2.18. The lowest BCUT2D eigenvalue weighted by atomic mass is 10.1. The smallest absolute Gasteiger partial charge is 0.306 e. The van der Waals surface area contributed by atoms with Crippen LogP contribution in [0.3, 0.4) is 0 Å². The number of hydrogen-bond donors (Lipinski definition) is 0. The molecule has 1 atom stereocenters. The Morgan fingerprint density at radius 3 is 1.19 bits per heavy atom. The van der Waals surface area contributed by atoms with Gasteiger partial charge in [-0.1, -0.05) is 196 Å². The molecule has 59 heavy (non-hydrogen) atoms. The van der Waals surface area contributed by atoms with Crippen molar-refractivity contribution in [2.24, 2.45) is 0 Å². The number of hydrogen-bond acceptors (Lipinski definition) is 6. The largest absolute Gasteiger partial charge is 0.462 e. The molecular formula is C53H88O6. The fraction of sp³-hybridized carbons (Fsp3) is 0.679. The van der Waals surface area contributed by atoms with Gasteiger partial charge in [-0.05, 0) is 83.5 Å². The second-order valence-corrected chi connectivity index (χ2v) is 15.8. The Balaban J connectivity index is 4.44. The van der Waals surface area contributed by atoms with E-state index in [-0.39, 0.29) is 37.5 Å². The molecule has 0 saturated heterocycles. The molecule has 0 fully saturated rings. The molecule has 0 spiro atoms. The Labute approximate surface area is 363 Å². The SMILES string of the molecule is CC\C=C/C=C\C=C/C=C\C=C/CCCCCC(=O)OC(COC(=O)CCC/C=C\CCCCCC)COC(=O)CCCCCCCCC/C=C\CCCCCCCC. The van der Waals surface area contributed by atoms with Crippen LogP contribution in [0.4, 0.5) is 0 Å². The van der Waals surface area contributed by atoms with Crippen LogP contribution in [-0.4, -0.2) is 37.2 Å². The van der Waals surface area contributed by atoms with Gasteiger partial charge in [0.15, 0.2) is 6.10 Å². The number of rotatable bonds is 42. The van der Waals surface area contributed by atoms with Crippen LogP contribution in [0.25, 0.3) is 0 Å². The van der Waals surface area contributed by atoms with Crippen LogP contribution in [0.15, 0.2) is 85.1 Å². The van der Waals surface area contributed by atoms with Crippen LogP contribution in [-0.2, 0) is 28.6 Å². The van der Waals surface area contributed by atoms with E-state index < -0.39 is 6.10 Å². The van der Waals surface area contributed by atoms with Crippen LogP contribution in [0.5, 0.6) is 0 Å². The fourth-order valence-electron chi connectivity index (χ4n) is 6.34. The Hall–Kier alpha value is -3.41. The molecule has 0 rings (SSSR count). The first-order chi connectivity index (χ1) is 29.0. The summed E-state index contributed by atoms with van der Waals surface area (Å²) in [5.41, 5.74) is 0. The van der Waals surface area contributed by atoms with Gasteiger partial charge in [0.25, 0.3) is 0 Å². The zero-order valence-corrected chi connectivity index (χ0v) is 38.2. The summed E-state index contributed by atoms with van der Waals surface area (Å²) in [6, 6.07) is 0. The maximum Gasteiger partial charge on any atom is 0.306 e. The van der Waals surface area contributed by atoms with E-state index in [0.29, 0.717) is 25.7 Å². The Kier molecular flexibility index (Phi) is 44.5. The number of esters is 3. The second kappa shape index (κ2) is 47.3. The number of carbonyl (C=O) groups excluding carboxylic acids is 3. The van der Waals surface area contributed by atoms with E-state index in [0.717, 1.165) is 57.8 Å². The molecule has 336 valence electrons. The average Bonchev–Trinajstić information content (AvgIpc) is 3.23. The first-order valence-electron chi connectivity index (χ1n) is 24.2. The first kappa shape index (κ1) is 55.6. The van der Waals surface area contributed by atoms with Crippen molar-refractivity contribution in [3.63, 3.8) is 0 Å². The topological polar surface area (TPSA) is 78.9 Å². The third kappa shape index (κ3) is 45.5. The van der Waals surface area contributed by atoms with Gasteiger partial charge in [0.2, 0.25) is 0 Å². The van der Waals surface area contributed by atoms with Gasteiger partial charge in [0.05, 0.1) is 0 Å². The Morgan fingerprint density at radius 2 is 0.695 bits per heavy atom. The van der Waals surface area contributed by atoms with E-state index in [1.165, 1.54) is 103 Å². The molecule has 0 aliphatic carbocycles. The molecule has 0 aromatic heterocycles. The van der Waals surface area contributed by atoms with Crippen molar-refractivity contribution in [2.45, 2.75) is 219 Å². The summed E-state index contributed by atoms with van der Waals surface area (Å²) in [5, 5.41) is 0. The molecule has 6 nitrogen and oxygen atoms in total. The number of carbonyl (C=O) groups is 3. The van der Waals surface area contributed by atoms with Crippen molar-refractivity contribution in [3.8, 4) is 0 Å². The van der Waals surface area contributed by atoms with Gasteiger partial charge >= 0.3 is 17.9 Å². The number of unbranched alkanes of at least 4 members (excludes halogenated alkanes) is 21. The minimum atomic E-state index is -0.809. The average molecular weight is 821 g/mol. The van der Waals surface area contributed by atoms with Crippen LogP contribution >= 0.6 is 0 Å². The molecule has 0 bridgehead atoms. The van der Waals surface area contributed by atoms with Crippen molar-refractivity contribution < 1.29 is 28.6 Å². The highest BCUT2D eigenvalue weighted by atomic mass is 16.6. The standard InChI is InChI=1S/C53H88O6/c1-4-7-10-13-16-19-21-23-25-26-28-29-31-34-37-40-43-46-52(55)58-49-50(48-57-51(54)45-42-39-36-33-18-15-12-9-6-3)59-53(56)47-44-41-38-35-32-30-27-24-22-20-17-14-11-8-5-2/h8,11,14,17,20,22-25,27,30,32-33,36,50H,4-7,9-10,12-13,15-16,18-19,21,26,28-29,31,34-35,37-49H2,1-3H3/b11-8-,17-14-,22-20-,25-23-,27-24-,32-30-,36-33-. The molecule has 0 heterocycles. The summed E-state index contributed by atoms with van der Waals surface area (Å²) in [6.45, 7) is 6.37. The van der Waals surface area contributed by atoms with Gasteiger partial charge in [-0.3, -0.25) is 14.4 Å². The minimum Gasteiger partial charge on any atom is -0.462 e. The highest BCUT2D eigenvalue weighted by molar-refractivity contribution is 5.71. The van der Waals surface area contributed by atoms with E-state index in [2.05, 4.69) is 57.2 Å². The van der Waals surface area contributed by atoms with Gasteiger partial charge in [0, 0.05) is 19.3 Å². The van der Waals surface area contributed by atoms with Gasteiger partial charge in [0.1, 0.15) is 13.2 Å². The maximum absolute atomic E-state index is 12.7. The third-order valence-corrected chi connectivity index (χ3v) is 9.98. The van der Waals surface area contributed by atoms with Gasteiger partial charge in [-0.2, -0.15) is 0 Å². The Bertz CT molecular complexity index is 1170. The Morgan fingerprint density at radius 1 is 0.356 bits per heavy atom. The maximum atomic E-state index is 12.7. The molecule has 6 heteroatoms. The summed E-state index contributed by atoms with van der Waals surface area (Å²) in [5.74, 6) is -0.994. The molecular weight excluding hydrogens is 733 g/mol. The number of allylic oxidation sites excluding steroid dienone is 14. The van der Waals surface area contributed by atoms with Gasteiger partial charge in [-0.25, -0.2) is 0 Å². The highest BCUT2D eigenvalue weighted by Gasteiger charge is 2.19. The van der Waals surface area contributed by atoms with Crippen molar-refractivity contribution in [1.82, 2.24) is 0 Å². The van der Waals surface area contributed by atoms with Crippen LogP contribution in [0.2, 0.25) is 0 Å². The van der Waals surface area contributed by atoms with E-state index in [1.807, 2.05) is 48.6 Å². The molecule has 0 aliphatic rings. The second-order valence-electron chi connectivity index (χ2n) is 15.8. The molecule has 0 amide bonds. The summed E-state index contributed by atoms with van der Waals surface area (Å²) in [7, 11) is 0. The predicted octanol–water partition coefficient (Wildman–Crippen LogP) is 15.6. The molecule has 0 saturated carbocycles. The minimum absolute atomic E-state index is 0.105. The summed E-state index contributed by atoms with van der Waals surface area (Å²) in [4.78, 5) is 37.8. The molecule has 0 N–H and O–H groups in total. The first-order valence-corrected chi connectivity index (χ1v) is 24.2. The fourth-order valence-corrected chi connectivity index (χ4v) is 6.34. The summed E-state index contributed by atoms with van der Waals surface area (Å²) in [6.07, 6.45) is 60.0. The monoisotopic (exact) mass is 821 g/mol. The molecule has 0 radical (unpaired) electrons. The van der Waals surface area contributed by atoms with E-state index in [4.69, 9.17) is 14.2 Å². The van der Waals surface area contributed by atoms with Crippen LogP contribution in [0.1, 0.15) is 213 Å². The predicted molar refractivity (Wildman–Crippen MR) is 251 cm³/mol. The van der Waals surface area contributed by atoms with Crippen molar-refractivity contribution in [2.75, 3.05) is 13.2 Å². The molecule has 0 aromatic rings. The quantitative estimate of drug-likeness (QED) is 0.0201. The molecule has 1 unspecified atom stereocenters. The van der Waals surface area contributed by atoms with Crippen molar-refractivity contribution in [1.29, 1.82) is 0 Å². The lowest BCUT2D eigenvalue weighted by molar-refractivity contribution is -0.167. The van der Waals surface area contributed by atoms with E-state index in [9.17, 15) is 14.4 Å². The van der Waals surface area contributed by atoms with Crippen LogP contribution in [0, 0.1) is 0 Å². The van der Waals surface area contributed by atoms with Crippen molar-refractivity contribution in [3.05, 3.63) is 85.1 Å². The lowest BCUT2D eigenvalue weighted by Crippen LogP contribution is -2.30. The van der Waals surface area contributed by atoms with Gasteiger partial charge < -0.3 is 14.2 Å². The molecule has 0 aliphatic heterocycles. The van der Waals surface area contributed by atoms with E-state index in [1.54, 1.807) is 0 Å². The highest BCUT2D eigenvalue weighted by Crippen LogP contribution is 2.13. The molecule has 0 aromatic carbocycles. The normalized spacial score (nSPS) is 12.8. The zero-order chi connectivity index (χ0) is 43.0. The third-order valence-electron chi connectivity index (χ3n) is 9.98. The van der Waals surface area contributed by atoms with E-state index >= 15 is 0 Å². The van der Waals surface area contributed by atoms with Crippen LogP contribution < -0.4 is 0 Å². The number of ether oxygens (including phenoxy) is 3. The van der Waals surface area contributed by atoms with Gasteiger partial charge in [-0.15, -0.1) is 0 Å².